The van der Waals surface area contributed by atoms with Gasteiger partial charge in [-0.3, -0.25) is 14.7 Å². The maximum Gasteiger partial charge on any atom is 0.260 e. The van der Waals surface area contributed by atoms with E-state index in [1.807, 2.05) is 4.90 Å². The van der Waals surface area contributed by atoms with E-state index < -0.39 is 0 Å². The van der Waals surface area contributed by atoms with Gasteiger partial charge in [0.2, 0.25) is 5.89 Å². The molecule has 8 heteroatoms. The second-order valence-corrected chi connectivity index (χ2v) is 5.36. The number of ether oxygens (including phenoxy) is 1. The maximum absolute atomic E-state index is 12.2. The number of rotatable bonds is 5. The highest BCUT2D eigenvalue weighted by molar-refractivity contribution is 5.77. The molecule has 122 valence electrons. The second-order valence-electron chi connectivity index (χ2n) is 5.36. The van der Waals surface area contributed by atoms with Crippen LogP contribution in [0.15, 0.2) is 29.0 Å². The Labute approximate surface area is 134 Å². The molecule has 0 spiro atoms. The number of aromatic nitrogens is 3. The fourth-order valence-electron chi connectivity index (χ4n) is 2.43. The Morgan fingerprint density at radius 1 is 1.35 bits per heavy atom. The quantitative estimate of drug-likeness (QED) is 0.793. The zero-order chi connectivity index (χ0) is 16.1. The van der Waals surface area contributed by atoms with Crippen LogP contribution in [0.5, 0.6) is 5.75 Å². The van der Waals surface area contributed by atoms with Gasteiger partial charge in [-0.25, -0.2) is 0 Å². The van der Waals surface area contributed by atoms with E-state index in [0.29, 0.717) is 37.1 Å². The molecular weight excluding hydrogens is 298 g/mol. The van der Waals surface area contributed by atoms with Crippen LogP contribution in [0.25, 0.3) is 0 Å². The lowest BCUT2D eigenvalue weighted by molar-refractivity contribution is -0.135. The van der Waals surface area contributed by atoms with Crippen LogP contribution < -0.4 is 4.74 Å². The molecule has 2 aromatic rings. The molecule has 8 nitrogen and oxygen atoms in total. The lowest BCUT2D eigenvalue weighted by Gasteiger charge is -2.33. The van der Waals surface area contributed by atoms with Gasteiger partial charge in [0, 0.05) is 39.3 Å². The summed E-state index contributed by atoms with van der Waals surface area (Å²) in [5.41, 5.74) is 0. The number of nitrogens with zero attached hydrogens (tertiary/aromatic N) is 5. The molecule has 0 aliphatic carbocycles. The molecule has 0 saturated carbocycles. The zero-order valence-corrected chi connectivity index (χ0v) is 13.0. The van der Waals surface area contributed by atoms with E-state index >= 15 is 0 Å². The van der Waals surface area contributed by atoms with Crippen LogP contribution in [0.2, 0.25) is 0 Å². The molecule has 3 heterocycles. The number of aryl methyl sites for hydroxylation is 1. The van der Waals surface area contributed by atoms with Crippen LogP contribution in [0.1, 0.15) is 11.7 Å². The van der Waals surface area contributed by atoms with Crippen LogP contribution >= 0.6 is 0 Å². The number of amides is 1. The Kier molecular flexibility index (Phi) is 4.82. The molecule has 0 aromatic carbocycles. The first-order chi connectivity index (χ1) is 11.2. The molecule has 23 heavy (non-hydrogen) atoms. The second kappa shape index (κ2) is 7.19. The average Bonchev–Trinajstić information content (AvgIpc) is 2.99. The highest BCUT2D eigenvalue weighted by atomic mass is 16.5. The zero-order valence-electron chi connectivity index (χ0n) is 13.0. The van der Waals surface area contributed by atoms with Gasteiger partial charge in [-0.1, -0.05) is 5.16 Å². The number of piperazine rings is 1. The SMILES string of the molecule is Cc1nc(CN2CCN(C(=O)COc3cccnc3)CC2)no1. The van der Waals surface area contributed by atoms with Crippen molar-refractivity contribution in [3.63, 3.8) is 0 Å². The van der Waals surface area contributed by atoms with E-state index in [2.05, 4.69) is 20.0 Å². The summed E-state index contributed by atoms with van der Waals surface area (Å²) < 4.78 is 10.4. The summed E-state index contributed by atoms with van der Waals surface area (Å²) >= 11 is 0. The third kappa shape index (κ3) is 4.26. The molecule has 1 aliphatic rings. The highest BCUT2D eigenvalue weighted by Gasteiger charge is 2.22. The summed E-state index contributed by atoms with van der Waals surface area (Å²) in [6.45, 7) is 5.37. The van der Waals surface area contributed by atoms with Gasteiger partial charge in [-0.15, -0.1) is 0 Å². The molecule has 1 saturated heterocycles. The Bertz CT molecular complexity index is 638. The van der Waals surface area contributed by atoms with E-state index in [-0.39, 0.29) is 12.5 Å². The van der Waals surface area contributed by atoms with E-state index in [1.54, 1.807) is 31.5 Å². The number of hydrogen-bond acceptors (Lipinski definition) is 7. The monoisotopic (exact) mass is 317 g/mol. The normalized spacial score (nSPS) is 15.6. The van der Waals surface area contributed by atoms with Crippen molar-refractivity contribution in [2.75, 3.05) is 32.8 Å². The molecule has 1 amide bonds. The number of pyridine rings is 1. The van der Waals surface area contributed by atoms with Crippen molar-refractivity contribution in [1.82, 2.24) is 24.9 Å². The highest BCUT2D eigenvalue weighted by Crippen LogP contribution is 2.09. The number of carbonyl (C=O) groups is 1. The Hall–Kier alpha value is -2.48. The third-order valence-electron chi connectivity index (χ3n) is 3.66. The van der Waals surface area contributed by atoms with Crippen molar-refractivity contribution in [2.24, 2.45) is 0 Å². The van der Waals surface area contributed by atoms with Crippen molar-refractivity contribution in [3.8, 4) is 5.75 Å². The molecule has 0 bridgehead atoms. The van der Waals surface area contributed by atoms with E-state index in [9.17, 15) is 4.79 Å². The predicted octanol–water partition coefficient (Wildman–Crippen LogP) is 0.496. The van der Waals surface area contributed by atoms with Gasteiger partial charge in [0.15, 0.2) is 12.4 Å². The van der Waals surface area contributed by atoms with Crippen molar-refractivity contribution < 1.29 is 14.1 Å². The standard InChI is InChI=1S/C15H19N5O3/c1-12-17-14(18-23-12)10-19-5-7-20(8-6-19)15(21)11-22-13-3-2-4-16-9-13/h2-4,9H,5-8,10-11H2,1H3. The lowest BCUT2D eigenvalue weighted by atomic mass is 10.3. The van der Waals surface area contributed by atoms with Crippen LogP contribution in [0.3, 0.4) is 0 Å². The first kappa shape index (κ1) is 15.4. The molecule has 0 atom stereocenters. The number of hydrogen-bond donors (Lipinski definition) is 0. The van der Waals surface area contributed by atoms with Gasteiger partial charge >= 0.3 is 0 Å². The minimum atomic E-state index is -0.0103. The molecule has 0 N–H and O–H groups in total. The lowest BCUT2D eigenvalue weighted by Crippen LogP contribution is -2.49. The molecule has 0 unspecified atom stereocenters. The Morgan fingerprint density at radius 3 is 2.83 bits per heavy atom. The van der Waals surface area contributed by atoms with Gasteiger partial charge in [-0.05, 0) is 12.1 Å². The molecule has 3 rings (SSSR count). The Balaban J connectivity index is 1.42. The third-order valence-corrected chi connectivity index (χ3v) is 3.66. The summed E-state index contributed by atoms with van der Waals surface area (Å²) in [6, 6.07) is 3.56. The van der Waals surface area contributed by atoms with Crippen molar-refractivity contribution >= 4 is 5.91 Å². The molecule has 2 aromatic heterocycles. The number of carbonyl (C=O) groups excluding carboxylic acids is 1. The Morgan fingerprint density at radius 2 is 2.17 bits per heavy atom. The van der Waals surface area contributed by atoms with Crippen LogP contribution in [0.4, 0.5) is 0 Å². The minimum Gasteiger partial charge on any atom is -0.482 e. The summed E-state index contributed by atoms with van der Waals surface area (Å²) in [4.78, 5) is 24.3. The summed E-state index contributed by atoms with van der Waals surface area (Å²) in [7, 11) is 0. The smallest absolute Gasteiger partial charge is 0.260 e. The van der Waals surface area contributed by atoms with E-state index in [0.717, 1.165) is 13.1 Å². The summed E-state index contributed by atoms with van der Waals surface area (Å²) in [5, 5.41) is 3.89. The van der Waals surface area contributed by atoms with Crippen molar-refractivity contribution in [2.45, 2.75) is 13.5 Å². The van der Waals surface area contributed by atoms with Crippen molar-refractivity contribution in [1.29, 1.82) is 0 Å². The van der Waals surface area contributed by atoms with Crippen molar-refractivity contribution in [3.05, 3.63) is 36.2 Å². The molecule has 0 radical (unpaired) electrons. The van der Waals surface area contributed by atoms with Gasteiger partial charge in [0.25, 0.3) is 5.91 Å². The maximum atomic E-state index is 12.2. The van der Waals surface area contributed by atoms with Gasteiger partial charge < -0.3 is 14.2 Å². The van der Waals surface area contributed by atoms with Gasteiger partial charge in [0.1, 0.15) is 5.75 Å². The average molecular weight is 317 g/mol. The van der Waals surface area contributed by atoms with Crippen LogP contribution in [-0.2, 0) is 11.3 Å². The molecular formula is C15H19N5O3. The summed E-state index contributed by atoms with van der Waals surface area (Å²) in [6.07, 6.45) is 3.26. The first-order valence-corrected chi connectivity index (χ1v) is 7.53. The largest absolute Gasteiger partial charge is 0.482 e. The molecule has 1 aliphatic heterocycles. The topological polar surface area (TPSA) is 84.6 Å². The van der Waals surface area contributed by atoms with Crippen LogP contribution in [0, 0.1) is 6.92 Å². The molecule has 1 fully saturated rings. The van der Waals surface area contributed by atoms with Crippen LogP contribution in [-0.4, -0.2) is 63.6 Å². The van der Waals surface area contributed by atoms with E-state index in [1.165, 1.54) is 0 Å². The predicted molar refractivity (Wildman–Crippen MR) is 80.6 cm³/mol. The van der Waals surface area contributed by atoms with E-state index in [4.69, 9.17) is 9.26 Å². The first-order valence-electron chi connectivity index (χ1n) is 7.53. The summed E-state index contributed by atoms with van der Waals surface area (Å²) in [5.74, 6) is 1.85. The van der Waals surface area contributed by atoms with Gasteiger partial charge in [0.05, 0.1) is 12.7 Å². The fourth-order valence-corrected chi connectivity index (χ4v) is 2.43. The fraction of sp³-hybridized carbons (Fsp3) is 0.467. The minimum absolute atomic E-state index is 0.0103. The van der Waals surface area contributed by atoms with Gasteiger partial charge in [-0.2, -0.15) is 4.98 Å².